The van der Waals surface area contributed by atoms with Crippen molar-refractivity contribution in [1.29, 1.82) is 0 Å². The van der Waals surface area contributed by atoms with Crippen molar-refractivity contribution in [3.05, 3.63) is 54.2 Å². The van der Waals surface area contributed by atoms with Crippen molar-refractivity contribution in [3.63, 3.8) is 0 Å². The van der Waals surface area contributed by atoms with Gasteiger partial charge < -0.3 is 18.9 Å². The van der Waals surface area contributed by atoms with Crippen LogP contribution in [0.2, 0.25) is 0 Å². The van der Waals surface area contributed by atoms with Crippen molar-refractivity contribution in [2.24, 2.45) is 0 Å². The summed E-state index contributed by atoms with van der Waals surface area (Å²) in [4.78, 5) is 22.8. The summed E-state index contributed by atoms with van der Waals surface area (Å²) in [6.07, 6.45) is 3.31. The van der Waals surface area contributed by atoms with Crippen LogP contribution < -0.4 is 9.47 Å². The molecule has 0 aliphatic carbocycles. The third kappa shape index (κ3) is 3.58. The van der Waals surface area contributed by atoms with Gasteiger partial charge in [0.05, 0.1) is 14.2 Å². The highest BCUT2D eigenvalue weighted by atomic mass is 19.1. The van der Waals surface area contributed by atoms with E-state index < -0.39 is 5.67 Å². The van der Waals surface area contributed by atoms with Gasteiger partial charge in [-0.2, -0.15) is 4.98 Å². The lowest BCUT2D eigenvalue weighted by molar-refractivity contribution is 0.0246. The zero-order valence-corrected chi connectivity index (χ0v) is 16.7. The summed E-state index contributed by atoms with van der Waals surface area (Å²) < 4.78 is 31.4. The second-order valence-electron chi connectivity index (χ2n) is 6.95. The summed E-state index contributed by atoms with van der Waals surface area (Å²) in [6.45, 7) is 0.396. The molecule has 1 amide bonds. The highest BCUT2D eigenvalue weighted by Gasteiger charge is 2.43. The summed E-state index contributed by atoms with van der Waals surface area (Å²) >= 11 is 0. The molecule has 3 heterocycles. The number of piperidine rings is 1. The number of likely N-dealkylation sites (tertiary alicyclic amines) is 1. The number of alkyl halides is 1. The number of hydrogen-bond acceptors (Lipinski definition) is 7. The van der Waals surface area contributed by atoms with Crippen LogP contribution in [-0.2, 0) is 5.67 Å². The molecule has 30 heavy (non-hydrogen) atoms. The Morgan fingerprint density at radius 1 is 1.10 bits per heavy atom. The van der Waals surface area contributed by atoms with Gasteiger partial charge in [-0.25, -0.2) is 4.39 Å². The third-order valence-electron chi connectivity index (χ3n) is 5.23. The Hall–Kier alpha value is -3.49. The Morgan fingerprint density at radius 3 is 2.33 bits per heavy atom. The molecule has 2 aromatic heterocycles. The normalized spacial score (nSPS) is 15.6. The summed E-state index contributed by atoms with van der Waals surface area (Å²) in [6, 6.07) is 8.58. The van der Waals surface area contributed by atoms with Gasteiger partial charge in [0.2, 0.25) is 5.82 Å². The molecule has 0 N–H and O–H groups in total. The first-order valence-electron chi connectivity index (χ1n) is 9.49. The molecule has 1 aromatic carbocycles. The van der Waals surface area contributed by atoms with Crippen LogP contribution >= 0.6 is 0 Å². The molecule has 1 saturated heterocycles. The number of halogens is 1. The van der Waals surface area contributed by atoms with Crippen molar-refractivity contribution in [2.45, 2.75) is 18.5 Å². The van der Waals surface area contributed by atoms with Crippen LogP contribution in [0.5, 0.6) is 11.5 Å². The van der Waals surface area contributed by atoms with Crippen LogP contribution in [0.1, 0.15) is 29.1 Å². The molecule has 0 bridgehead atoms. The number of ether oxygens (including phenoxy) is 2. The number of aromatic nitrogens is 3. The SMILES string of the molecule is COc1cccc(OC)c1C(=O)N1CCC(F)(c2nc(-c3ccncc3)no2)CC1. The quantitative estimate of drug-likeness (QED) is 0.635. The number of methoxy groups -OCH3 is 2. The molecule has 1 aliphatic rings. The molecular formula is C21H21FN4O4. The number of amides is 1. The molecule has 3 aromatic rings. The number of carbonyl (C=O) groups is 1. The van der Waals surface area contributed by atoms with Gasteiger partial charge in [0, 0.05) is 43.9 Å². The maximum atomic E-state index is 15.6. The number of benzene rings is 1. The zero-order valence-electron chi connectivity index (χ0n) is 16.7. The summed E-state index contributed by atoms with van der Waals surface area (Å²) in [5.41, 5.74) is -0.772. The monoisotopic (exact) mass is 412 g/mol. The minimum absolute atomic E-state index is 0.0498. The van der Waals surface area contributed by atoms with Crippen molar-refractivity contribution in [2.75, 3.05) is 27.3 Å². The van der Waals surface area contributed by atoms with Crippen molar-refractivity contribution < 1.29 is 23.2 Å². The molecular weight excluding hydrogens is 391 g/mol. The third-order valence-corrected chi connectivity index (χ3v) is 5.23. The lowest BCUT2D eigenvalue weighted by Gasteiger charge is -2.34. The minimum Gasteiger partial charge on any atom is -0.496 e. The molecule has 0 unspecified atom stereocenters. The van der Waals surface area contributed by atoms with E-state index in [0.717, 1.165) is 0 Å². The van der Waals surface area contributed by atoms with Gasteiger partial charge in [-0.15, -0.1) is 0 Å². The first-order chi connectivity index (χ1) is 14.6. The van der Waals surface area contributed by atoms with Crippen LogP contribution in [0.25, 0.3) is 11.4 Å². The summed E-state index contributed by atoms with van der Waals surface area (Å²) in [7, 11) is 2.98. The average Bonchev–Trinajstić information content (AvgIpc) is 3.30. The van der Waals surface area contributed by atoms with Crippen LogP contribution in [0.15, 0.2) is 47.2 Å². The van der Waals surface area contributed by atoms with Crippen LogP contribution in [0.3, 0.4) is 0 Å². The minimum atomic E-state index is -1.79. The number of carbonyl (C=O) groups excluding carboxylic acids is 1. The van der Waals surface area contributed by atoms with Gasteiger partial charge in [0.1, 0.15) is 17.1 Å². The first kappa shape index (κ1) is 19.8. The fourth-order valence-electron chi connectivity index (χ4n) is 3.52. The molecule has 156 valence electrons. The molecule has 0 saturated carbocycles. The average molecular weight is 412 g/mol. The van der Waals surface area contributed by atoms with Gasteiger partial charge in [-0.3, -0.25) is 9.78 Å². The topological polar surface area (TPSA) is 90.6 Å². The molecule has 0 radical (unpaired) electrons. The summed E-state index contributed by atoms with van der Waals surface area (Å²) in [5.74, 6) is 0.790. The zero-order chi connectivity index (χ0) is 21.1. The summed E-state index contributed by atoms with van der Waals surface area (Å²) in [5, 5.41) is 3.89. The maximum absolute atomic E-state index is 15.6. The number of nitrogens with zero attached hydrogens (tertiary/aromatic N) is 4. The highest BCUT2D eigenvalue weighted by molar-refractivity contribution is 5.99. The predicted octanol–water partition coefficient (Wildman–Crippen LogP) is 3.25. The van der Waals surface area contributed by atoms with E-state index >= 15 is 4.39 Å². The molecule has 0 spiro atoms. The molecule has 8 nitrogen and oxygen atoms in total. The maximum Gasteiger partial charge on any atom is 0.264 e. The fourth-order valence-corrected chi connectivity index (χ4v) is 3.52. The second kappa shape index (κ2) is 8.10. The van der Waals surface area contributed by atoms with Crippen LogP contribution in [0, 0.1) is 0 Å². The van der Waals surface area contributed by atoms with E-state index in [2.05, 4.69) is 15.1 Å². The lowest BCUT2D eigenvalue weighted by Crippen LogP contribution is -2.43. The van der Waals surface area contributed by atoms with Gasteiger partial charge in [-0.05, 0) is 24.3 Å². The Bertz CT molecular complexity index is 1010. The lowest BCUT2D eigenvalue weighted by atomic mass is 9.92. The number of pyridine rings is 1. The van der Waals surface area contributed by atoms with Crippen molar-refractivity contribution in [3.8, 4) is 22.9 Å². The smallest absolute Gasteiger partial charge is 0.264 e. The van der Waals surface area contributed by atoms with E-state index in [1.165, 1.54) is 14.2 Å². The van der Waals surface area contributed by atoms with Crippen LogP contribution in [0.4, 0.5) is 4.39 Å². The van der Waals surface area contributed by atoms with E-state index in [1.807, 2.05) is 0 Å². The van der Waals surface area contributed by atoms with Gasteiger partial charge >= 0.3 is 0 Å². The van der Waals surface area contributed by atoms with E-state index in [1.54, 1.807) is 47.6 Å². The van der Waals surface area contributed by atoms with Crippen LogP contribution in [-0.4, -0.2) is 53.2 Å². The largest absolute Gasteiger partial charge is 0.496 e. The van der Waals surface area contributed by atoms with E-state index in [0.29, 0.717) is 28.5 Å². The Morgan fingerprint density at radius 2 is 1.73 bits per heavy atom. The standard InChI is InChI=1S/C21H21FN4O4/c1-28-15-4-3-5-16(29-2)17(15)19(27)26-12-8-21(22,9-13-26)20-24-18(25-30-20)14-6-10-23-11-7-14/h3-7,10-11H,8-9,12-13H2,1-2H3. The van der Waals surface area contributed by atoms with Gasteiger partial charge in [-0.1, -0.05) is 11.2 Å². The van der Waals surface area contributed by atoms with Crippen molar-refractivity contribution in [1.82, 2.24) is 20.0 Å². The van der Waals surface area contributed by atoms with E-state index in [4.69, 9.17) is 14.0 Å². The molecule has 4 rings (SSSR count). The molecule has 1 fully saturated rings. The van der Waals surface area contributed by atoms with Crippen molar-refractivity contribution >= 4 is 5.91 Å². The molecule has 1 aliphatic heterocycles. The first-order valence-corrected chi connectivity index (χ1v) is 9.49. The second-order valence-corrected chi connectivity index (χ2v) is 6.95. The fraction of sp³-hybridized carbons (Fsp3) is 0.333. The number of rotatable bonds is 5. The van der Waals surface area contributed by atoms with E-state index in [-0.39, 0.29) is 37.7 Å². The van der Waals surface area contributed by atoms with Gasteiger partial charge in [0.15, 0.2) is 5.67 Å². The Labute approximate surface area is 172 Å². The predicted molar refractivity (Wildman–Crippen MR) is 105 cm³/mol. The highest BCUT2D eigenvalue weighted by Crippen LogP contribution is 2.38. The van der Waals surface area contributed by atoms with E-state index in [9.17, 15) is 4.79 Å². The number of hydrogen-bond donors (Lipinski definition) is 0. The Kier molecular flexibility index (Phi) is 5.35. The molecule has 9 heteroatoms. The Balaban J connectivity index is 1.50. The van der Waals surface area contributed by atoms with Gasteiger partial charge in [0.25, 0.3) is 11.8 Å². The molecule has 0 atom stereocenters.